The number of aromatic nitrogens is 2. The number of fused-ring (bicyclic) bond motifs is 1. The Bertz CT molecular complexity index is 1090. The topological polar surface area (TPSA) is 59.4 Å². The number of piperidine rings is 1. The van der Waals surface area contributed by atoms with Crippen molar-refractivity contribution in [1.29, 1.82) is 0 Å². The summed E-state index contributed by atoms with van der Waals surface area (Å²) in [6.07, 6.45) is 1.64. The van der Waals surface area contributed by atoms with E-state index in [-0.39, 0.29) is 17.8 Å². The van der Waals surface area contributed by atoms with Crippen LogP contribution in [-0.4, -0.2) is 40.9 Å². The summed E-state index contributed by atoms with van der Waals surface area (Å²) in [5.41, 5.74) is 2.00. The van der Waals surface area contributed by atoms with Crippen LogP contribution in [0.2, 0.25) is 0 Å². The Balaban J connectivity index is 1.53. The predicted octanol–water partition coefficient (Wildman–Crippen LogP) is 4.96. The third-order valence-corrected chi connectivity index (χ3v) is 5.66. The molecule has 1 aromatic heterocycles. The normalized spacial score (nSPS) is 16.9. The molecule has 2 aromatic carbocycles. The molecule has 0 aliphatic carbocycles. The molecule has 0 saturated carbocycles. The average Bonchev–Trinajstić information content (AvgIpc) is 3.11. The van der Waals surface area contributed by atoms with Crippen molar-refractivity contribution >= 4 is 23.1 Å². The Morgan fingerprint density at radius 3 is 2.72 bits per heavy atom. The highest BCUT2D eigenvalue weighted by atomic mass is 19.1. The van der Waals surface area contributed by atoms with E-state index in [9.17, 15) is 9.18 Å². The molecule has 4 rings (SSSR count). The largest absolute Gasteiger partial charge is 0.444 e. The Kier molecular flexibility index (Phi) is 6.35. The molecule has 1 saturated heterocycles. The van der Waals surface area contributed by atoms with Gasteiger partial charge in [-0.25, -0.2) is 14.2 Å². The van der Waals surface area contributed by atoms with Crippen molar-refractivity contribution in [2.24, 2.45) is 5.92 Å². The van der Waals surface area contributed by atoms with Gasteiger partial charge < -0.3 is 19.5 Å². The van der Waals surface area contributed by atoms with Crippen molar-refractivity contribution in [1.82, 2.24) is 14.9 Å². The first kappa shape index (κ1) is 22.1. The summed E-state index contributed by atoms with van der Waals surface area (Å²) in [6.45, 7) is 8.19. The van der Waals surface area contributed by atoms with Gasteiger partial charge >= 0.3 is 6.09 Å². The molecule has 1 aliphatic rings. The number of carbonyl (C=O) groups is 1. The van der Waals surface area contributed by atoms with E-state index in [0.29, 0.717) is 18.7 Å². The van der Waals surface area contributed by atoms with Gasteiger partial charge in [-0.3, -0.25) is 0 Å². The SMILES string of the molecule is CC(C)(C)OC(=O)NC[C@H]1CCCN(c2nc3ccccc3n2Cc2ccccc2F)C1. The number of halogens is 1. The second kappa shape index (κ2) is 9.18. The molecule has 7 heteroatoms. The van der Waals surface area contributed by atoms with Crippen molar-refractivity contribution < 1.29 is 13.9 Å². The molecule has 6 nitrogen and oxygen atoms in total. The number of anilines is 1. The van der Waals surface area contributed by atoms with Gasteiger partial charge in [0.15, 0.2) is 0 Å². The van der Waals surface area contributed by atoms with Crippen LogP contribution in [0.3, 0.4) is 0 Å². The molecule has 1 N–H and O–H groups in total. The number of ether oxygens (including phenoxy) is 1. The minimum absolute atomic E-state index is 0.214. The highest BCUT2D eigenvalue weighted by Crippen LogP contribution is 2.28. The van der Waals surface area contributed by atoms with Gasteiger partial charge in [0, 0.05) is 25.2 Å². The second-order valence-corrected chi connectivity index (χ2v) is 9.42. The number of hydrogen-bond donors (Lipinski definition) is 1. The summed E-state index contributed by atoms with van der Waals surface area (Å²) in [6, 6.07) is 14.8. The molecule has 1 amide bonds. The van der Waals surface area contributed by atoms with Gasteiger partial charge in [0.1, 0.15) is 11.4 Å². The summed E-state index contributed by atoms with van der Waals surface area (Å²) in [4.78, 5) is 19.2. The standard InChI is InChI=1S/C25H31FN4O2/c1-25(2,3)32-24(31)27-15-18-9-8-14-29(16-18)23-28-21-12-6-7-13-22(21)30(23)17-19-10-4-5-11-20(19)26/h4-7,10-13,18H,8-9,14-17H2,1-3H3,(H,27,31)/t18-/m1/s1. The van der Waals surface area contributed by atoms with E-state index in [1.54, 1.807) is 6.07 Å². The first-order valence-electron chi connectivity index (χ1n) is 11.2. The highest BCUT2D eigenvalue weighted by molar-refractivity contribution is 5.79. The number of nitrogens with zero attached hydrogens (tertiary/aromatic N) is 3. The quantitative estimate of drug-likeness (QED) is 0.611. The number of carbonyl (C=O) groups excluding carboxylic acids is 1. The van der Waals surface area contributed by atoms with Gasteiger partial charge in [0.2, 0.25) is 5.95 Å². The lowest BCUT2D eigenvalue weighted by Crippen LogP contribution is -2.43. The molecule has 0 radical (unpaired) electrons. The van der Waals surface area contributed by atoms with Crippen molar-refractivity contribution in [3.63, 3.8) is 0 Å². The molecule has 0 bridgehead atoms. The maximum Gasteiger partial charge on any atom is 0.407 e. The van der Waals surface area contributed by atoms with E-state index in [1.807, 2.05) is 57.2 Å². The smallest absolute Gasteiger partial charge is 0.407 e. The van der Waals surface area contributed by atoms with Crippen LogP contribution in [0.15, 0.2) is 48.5 Å². The zero-order chi connectivity index (χ0) is 22.7. The van der Waals surface area contributed by atoms with Crippen LogP contribution in [0, 0.1) is 11.7 Å². The van der Waals surface area contributed by atoms with Crippen LogP contribution in [0.5, 0.6) is 0 Å². The molecule has 170 valence electrons. The van der Waals surface area contributed by atoms with Gasteiger partial charge in [-0.05, 0) is 57.7 Å². The summed E-state index contributed by atoms with van der Waals surface area (Å²) < 4.78 is 21.9. The van der Waals surface area contributed by atoms with Gasteiger partial charge in [-0.2, -0.15) is 0 Å². The van der Waals surface area contributed by atoms with Crippen LogP contribution < -0.4 is 10.2 Å². The number of alkyl carbamates (subject to hydrolysis) is 1. The number of nitrogens with one attached hydrogen (secondary N) is 1. The molecule has 1 aliphatic heterocycles. The third kappa shape index (κ3) is 5.21. The lowest BCUT2D eigenvalue weighted by atomic mass is 9.98. The van der Waals surface area contributed by atoms with Crippen molar-refractivity contribution in [2.75, 3.05) is 24.5 Å². The zero-order valence-corrected chi connectivity index (χ0v) is 19.0. The van der Waals surface area contributed by atoms with E-state index in [2.05, 4.69) is 14.8 Å². The minimum atomic E-state index is -0.514. The molecular weight excluding hydrogens is 407 g/mol. The first-order chi connectivity index (χ1) is 15.3. The molecule has 32 heavy (non-hydrogen) atoms. The van der Waals surface area contributed by atoms with Crippen LogP contribution in [-0.2, 0) is 11.3 Å². The Labute approximate surface area is 188 Å². The van der Waals surface area contributed by atoms with E-state index in [0.717, 1.165) is 42.9 Å². The maximum atomic E-state index is 14.4. The molecule has 1 atom stereocenters. The van der Waals surface area contributed by atoms with Crippen LogP contribution >= 0.6 is 0 Å². The summed E-state index contributed by atoms with van der Waals surface area (Å²) in [5.74, 6) is 0.920. The lowest BCUT2D eigenvalue weighted by Gasteiger charge is -2.34. The van der Waals surface area contributed by atoms with Crippen molar-refractivity contribution in [2.45, 2.75) is 45.8 Å². The minimum Gasteiger partial charge on any atom is -0.444 e. The number of imidazole rings is 1. The lowest BCUT2D eigenvalue weighted by molar-refractivity contribution is 0.0517. The van der Waals surface area contributed by atoms with Gasteiger partial charge in [-0.1, -0.05) is 30.3 Å². The van der Waals surface area contributed by atoms with Crippen LogP contribution in [0.4, 0.5) is 15.1 Å². The Morgan fingerprint density at radius 1 is 1.19 bits per heavy atom. The number of hydrogen-bond acceptors (Lipinski definition) is 4. The molecular formula is C25H31FN4O2. The first-order valence-corrected chi connectivity index (χ1v) is 11.2. The second-order valence-electron chi connectivity index (χ2n) is 9.42. The molecule has 1 fully saturated rings. The predicted molar refractivity (Wildman–Crippen MR) is 124 cm³/mol. The molecule has 2 heterocycles. The van der Waals surface area contributed by atoms with E-state index in [4.69, 9.17) is 9.72 Å². The Hall–Kier alpha value is -3.09. The van der Waals surface area contributed by atoms with Crippen LogP contribution in [0.25, 0.3) is 11.0 Å². The molecule has 0 unspecified atom stereocenters. The van der Waals surface area contributed by atoms with Crippen molar-refractivity contribution in [3.05, 3.63) is 59.9 Å². The number of rotatable bonds is 5. The number of para-hydroxylation sites is 2. The monoisotopic (exact) mass is 438 g/mol. The summed E-state index contributed by atoms with van der Waals surface area (Å²) in [7, 11) is 0. The Morgan fingerprint density at radius 2 is 1.94 bits per heavy atom. The molecule has 0 spiro atoms. The van der Waals surface area contributed by atoms with Gasteiger partial charge in [0.25, 0.3) is 0 Å². The fraction of sp³-hybridized carbons (Fsp3) is 0.440. The van der Waals surface area contributed by atoms with Crippen LogP contribution in [0.1, 0.15) is 39.2 Å². The number of amides is 1. The number of benzene rings is 2. The fourth-order valence-electron chi connectivity index (χ4n) is 4.21. The molecule has 3 aromatic rings. The average molecular weight is 439 g/mol. The van der Waals surface area contributed by atoms with Gasteiger partial charge in [-0.15, -0.1) is 0 Å². The van der Waals surface area contributed by atoms with Crippen molar-refractivity contribution in [3.8, 4) is 0 Å². The highest BCUT2D eigenvalue weighted by Gasteiger charge is 2.26. The van der Waals surface area contributed by atoms with E-state index in [1.165, 1.54) is 6.07 Å². The maximum absolute atomic E-state index is 14.4. The fourth-order valence-corrected chi connectivity index (χ4v) is 4.21. The summed E-state index contributed by atoms with van der Waals surface area (Å²) >= 11 is 0. The van der Waals surface area contributed by atoms with E-state index < -0.39 is 5.60 Å². The summed E-state index contributed by atoms with van der Waals surface area (Å²) in [5, 5.41) is 2.90. The van der Waals surface area contributed by atoms with E-state index >= 15 is 0 Å². The van der Waals surface area contributed by atoms with Gasteiger partial charge in [0.05, 0.1) is 17.6 Å². The zero-order valence-electron chi connectivity index (χ0n) is 19.0. The third-order valence-electron chi connectivity index (χ3n) is 5.66.